The van der Waals surface area contributed by atoms with Crippen molar-refractivity contribution >= 4 is 12.1 Å². The van der Waals surface area contributed by atoms with Crippen LogP contribution in [0.25, 0.3) is 0 Å². The Morgan fingerprint density at radius 2 is 1.71 bits per heavy atom. The predicted octanol–water partition coefficient (Wildman–Crippen LogP) is 5.33. The van der Waals surface area contributed by atoms with Gasteiger partial charge in [-0.25, -0.2) is 9.59 Å². The molecule has 1 aliphatic rings. The van der Waals surface area contributed by atoms with E-state index in [9.17, 15) is 9.59 Å². The quantitative estimate of drug-likeness (QED) is 0.358. The third kappa shape index (κ3) is 6.54. The highest BCUT2D eigenvalue weighted by Crippen LogP contribution is 2.28. The van der Waals surface area contributed by atoms with Crippen molar-refractivity contribution in [3.8, 4) is 0 Å². The first-order valence-corrected chi connectivity index (χ1v) is 10.7. The Hall–Kier alpha value is -2.04. The van der Waals surface area contributed by atoms with E-state index >= 15 is 0 Å². The molecule has 0 spiro atoms. The topological polar surface area (TPSA) is 55.8 Å². The summed E-state index contributed by atoms with van der Waals surface area (Å²) in [7, 11) is 0. The lowest BCUT2D eigenvalue weighted by Crippen LogP contribution is -2.45. The second-order valence-electron chi connectivity index (χ2n) is 7.94. The lowest BCUT2D eigenvalue weighted by atomic mass is 9.99. The zero-order chi connectivity index (χ0) is 20.4. The smallest absolute Gasteiger partial charge is 0.411 e. The van der Waals surface area contributed by atoms with Gasteiger partial charge in [0, 0.05) is 0 Å². The molecule has 0 aromatic heterocycles. The van der Waals surface area contributed by atoms with Gasteiger partial charge in [0.1, 0.15) is 6.10 Å². The van der Waals surface area contributed by atoms with Crippen molar-refractivity contribution < 1.29 is 19.1 Å². The molecule has 0 aliphatic carbocycles. The van der Waals surface area contributed by atoms with Crippen molar-refractivity contribution in [2.24, 2.45) is 5.92 Å². The zero-order valence-electron chi connectivity index (χ0n) is 17.6. The summed E-state index contributed by atoms with van der Waals surface area (Å²) in [6.07, 6.45) is 7.25. The summed E-state index contributed by atoms with van der Waals surface area (Å²) in [6.45, 7) is 6.88. The van der Waals surface area contributed by atoms with Crippen LogP contribution in [0.3, 0.4) is 0 Å². The van der Waals surface area contributed by atoms with Gasteiger partial charge in [0.25, 0.3) is 0 Å². The normalized spacial score (nSPS) is 19.1. The van der Waals surface area contributed by atoms with Crippen molar-refractivity contribution in [1.29, 1.82) is 0 Å². The van der Waals surface area contributed by atoms with Crippen LogP contribution in [0.1, 0.15) is 71.3 Å². The Bertz CT molecular complexity index is 602. The molecule has 1 aromatic carbocycles. The van der Waals surface area contributed by atoms with Gasteiger partial charge in [-0.3, -0.25) is 4.90 Å². The molecule has 1 aliphatic heterocycles. The number of rotatable bonds is 12. The number of benzene rings is 1. The zero-order valence-corrected chi connectivity index (χ0v) is 17.6. The molecule has 5 heteroatoms. The molecule has 1 aromatic rings. The molecule has 28 heavy (non-hydrogen) atoms. The Labute approximate surface area is 169 Å². The summed E-state index contributed by atoms with van der Waals surface area (Å²) in [5, 5.41) is 0. The van der Waals surface area contributed by atoms with Crippen LogP contribution in [-0.4, -0.2) is 35.7 Å². The molecular formula is C23H35NO4. The number of hydrogen-bond donors (Lipinski definition) is 0. The Kier molecular flexibility index (Phi) is 9.32. The molecule has 0 bridgehead atoms. The lowest BCUT2D eigenvalue weighted by molar-refractivity contribution is -0.150. The monoisotopic (exact) mass is 389 g/mol. The van der Waals surface area contributed by atoms with E-state index in [4.69, 9.17) is 9.47 Å². The highest BCUT2D eigenvalue weighted by Gasteiger charge is 2.48. The second-order valence-corrected chi connectivity index (χ2v) is 7.94. The average molecular weight is 390 g/mol. The van der Waals surface area contributed by atoms with Gasteiger partial charge in [-0.15, -0.1) is 0 Å². The molecular weight excluding hydrogens is 354 g/mol. The molecule has 5 nitrogen and oxygen atoms in total. The molecule has 0 unspecified atom stereocenters. The van der Waals surface area contributed by atoms with Crippen LogP contribution >= 0.6 is 0 Å². The standard InChI is InChI=1S/C23H35NO4/c1-4-5-6-7-8-9-13-16-27-22(25)20-21(18(2)3)28-23(26)24(20)17-19-14-11-10-12-15-19/h10-12,14-15,18,20-21H,4-9,13,16-17H2,1-3H3/t20-,21+/m1/s1. The molecule has 1 heterocycles. The number of nitrogens with zero attached hydrogens (tertiary/aromatic N) is 1. The molecule has 1 amide bonds. The first kappa shape index (κ1) is 22.3. The number of cyclic esters (lactones) is 1. The summed E-state index contributed by atoms with van der Waals surface area (Å²) in [5.74, 6) is -0.313. The molecule has 0 N–H and O–H groups in total. The Morgan fingerprint density at radius 3 is 2.36 bits per heavy atom. The van der Waals surface area contributed by atoms with Crippen LogP contribution in [-0.2, 0) is 20.8 Å². The number of esters is 1. The highest BCUT2D eigenvalue weighted by atomic mass is 16.6. The van der Waals surface area contributed by atoms with Crippen molar-refractivity contribution in [3.63, 3.8) is 0 Å². The third-order valence-electron chi connectivity index (χ3n) is 5.20. The number of unbranched alkanes of at least 4 members (excludes halogenated alkanes) is 6. The minimum atomic E-state index is -0.683. The molecule has 156 valence electrons. The van der Waals surface area contributed by atoms with E-state index in [2.05, 4.69) is 6.92 Å². The van der Waals surface area contributed by atoms with Crippen LogP contribution in [0.15, 0.2) is 30.3 Å². The average Bonchev–Trinajstić information content (AvgIpc) is 3.01. The van der Waals surface area contributed by atoms with Gasteiger partial charge >= 0.3 is 12.1 Å². The van der Waals surface area contributed by atoms with Crippen LogP contribution in [0.2, 0.25) is 0 Å². The van der Waals surface area contributed by atoms with Gasteiger partial charge in [-0.1, -0.05) is 89.6 Å². The van der Waals surface area contributed by atoms with Crippen LogP contribution in [0.5, 0.6) is 0 Å². The number of hydrogen-bond acceptors (Lipinski definition) is 4. The van der Waals surface area contributed by atoms with Gasteiger partial charge in [0.2, 0.25) is 0 Å². The number of amides is 1. The fourth-order valence-electron chi connectivity index (χ4n) is 3.56. The largest absolute Gasteiger partial charge is 0.464 e. The number of carbonyl (C=O) groups is 2. The summed E-state index contributed by atoms with van der Waals surface area (Å²) in [5.41, 5.74) is 0.966. The van der Waals surface area contributed by atoms with E-state index in [0.29, 0.717) is 13.2 Å². The molecule has 1 fully saturated rings. The molecule has 1 saturated heterocycles. The second kappa shape index (κ2) is 11.7. The summed E-state index contributed by atoms with van der Waals surface area (Å²) in [6, 6.07) is 8.97. The Balaban J connectivity index is 1.88. The minimum absolute atomic E-state index is 0.0424. The first-order chi connectivity index (χ1) is 13.5. The molecule has 2 rings (SSSR count). The van der Waals surface area contributed by atoms with Crippen LogP contribution in [0.4, 0.5) is 4.79 Å². The van der Waals surface area contributed by atoms with Crippen molar-refractivity contribution in [2.75, 3.05) is 6.61 Å². The first-order valence-electron chi connectivity index (χ1n) is 10.7. The minimum Gasteiger partial charge on any atom is -0.464 e. The van der Waals surface area contributed by atoms with E-state index in [0.717, 1.165) is 18.4 Å². The van der Waals surface area contributed by atoms with Crippen molar-refractivity contribution in [3.05, 3.63) is 35.9 Å². The fraction of sp³-hybridized carbons (Fsp3) is 0.652. The summed E-state index contributed by atoms with van der Waals surface area (Å²) in [4.78, 5) is 26.7. The lowest BCUT2D eigenvalue weighted by Gasteiger charge is -2.24. The summed E-state index contributed by atoms with van der Waals surface area (Å²) >= 11 is 0. The number of carbonyl (C=O) groups excluding carboxylic acids is 2. The maximum Gasteiger partial charge on any atom is 0.411 e. The van der Waals surface area contributed by atoms with Crippen LogP contribution in [0, 0.1) is 5.92 Å². The third-order valence-corrected chi connectivity index (χ3v) is 5.20. The maximum absolute atomic E-state index is 12.8. The van der Waals surface area contributed by atoms with Gasteiger partial charge in [-0.2, -0.15) is 0 Å². The van der Waals surface area contributed by atoms with E-state index in [1.807, 2.05) is 44.2 Å². The molecule has 2 atom stereocenters. The van der Waals surface area contributed by atoms with E-state index in [-0.39, 0.29) is 11.9 Å². The SMILES string of the molecule is CCCCCCCCCOC(=O)[C@H]1[C@H](C(C)C)OC(=O)N1Cc1ccccc1. The highest BCUT2D eigenvalue weighted by molar-refractivity contribution is 5.85. The van der Waals surface area contributed by atoms with Gasteiger partial charge < -0.3 is 9.47 Å². The molecule has 0 saturated carbocycles. The van der Waals surface area contributed by atoms with E-state index < -0.39 is 18.2 Å². The van der Waals surface area contributed by atoms with Crippen molar-refractivity contribution in [2.45, 2.75) is 84.4 Å². The van der Waals surface area contributed by atoms with Gasteiger partial charge in [0.15, 0.2) is 6.04 Å². The maximum atomic E-state index is 12.8. The summed E-state index contributed by atoms with van der Waals surface area (Å²) < 4.78 is 11.0. The molecule has 0 radical (unpaired) electrons. The fourth-order valence-corrected chi connectivity index (χ4v) is 3.56. The van der Waals surface area contributed by atoms with Crippen LogP contribution < -0.4 is 0 Å². The predicted molar refractivity (Wildman–Crippen MR) is 110 cm³/mol. The Morgan fingerprint density at radius 1 is 1.07 bits per heavy atom. The van der Waals surface area contributed by atoms with Crippen molar-refractivity contribution in [1.82, 2.24) is 4.90 Å². The van der Waals surface area contributed by atoms with E-state index in [1.54, 1.807) is 0 Å². The van der Waals surface area contributed by atoms with Gasteiger partial charge in [-0.05, 0) is 17.9 Å². The van der Waals surface area contributed by atoms with E-state index in [1.165, 1.54) is 37.0 Å². The van der Waals surface area contributed by atoms with Gasteiger partial charge in [0.05, 0.1) is 13.2 Å². The number of ether oxygens (including phenoxy) is 2.